The number of rotatable bonds is 5. The predicted molar refractivity (Wildman–Crippen MR) is 82.5 cm³/mol. The molecule has 0 fully saturated rings. The molecule has 1 atom stereocenters. The molecule has 1 heteroatoms. The molecule has 0 spiro atoms. The molecule has 0 saturated heterocycles. The van der Waals surface area contributed by atoms with E-state index >= 15 is 0 Å². The van der Waals surface area contributed by atoms with Crippen molar-refractivity contribution in [1.82, 2.24) is 5.32 Å². The molecular formula is C18H23N. The average molecular weight is 253 g/mol. The van der Waals surface area contributed by atoms with Gasteiger partial charge in [-0.2, -0.15) is 0 Å². The number of benzene rings is 2. The van der Waals surface area contributed by atoms with Crippen LogP contribution in [0.25, 0.3) is 0 Å². The number of nitrogens with one attached hydrogen (secondary N) is 1. The highest BCUT2D eigenvalue weighted by Crippen LogP contribution is 2.18. The van der Waals surface area contributed by atoms with Crippen molar-refractivity contribution in [1.29, 1.82) is 0 Å². The Hall–Kier alpha value is -1.60. The summed E-state index contributed by atoms with van der Waals surface area (Å²) < 4.78 is 0. The Morgan fingerprint density at radius 3 is 2.42 bits per heavy atom. The van der Waals surface area contributed by atoms with Crippen molar-refractivity contribution in [2.75, 3.05) is 6.54 Å². The van der Waals surface area contributed by atoms with Gasteiger partial charge in [0.15, 0.2) is 0 Å². The fourth-order valence-corrected chi connectivity index (χ4v) is 2.50. The fraction of sp³-hybridized carbons (Fsp3) is 0.333. The maximum Gasteiger partial charge on any atom is 0.0294 e. The van der Waals surface area contributed by atoms with Gasteiger partial charge in [-0.25, -0.2) is 0 Å². The van der Waals surface area contributed by atoms with Crippen LogP contribution in [0.15, 0.2) is 48.5 Å². The molecule has 19 heavy (non-hydrogen) atoms. The molecule has 1 N–H and O–H groups in total. The van der Waals surface area contributed by atoms with Crippen LogP contribution >= 0.6 is 0 Å². The van der Waals surface area contributed by atoms with Crippen LogP contribution in [0.2, 0.25) is 0 Å². The molecule has 0 amide bonds. The maximum absolute atomic E-state index is 3.61. The van der Waals surface area contributed by atoms with Gasteiger partial charge in [-0.05, 0) is 50.4 Å². The summed E-state index contributed by atoms with van der Waals surface area (Å²) in [6.45, 7) is 7.59. The molecule has 100 valence electrons. The minimum atomic E-state index is 0.407. The van der Waals surface area contributed by atoms with Crippen LogP contribution in [0.3, 0.4) is 0 Å². The lowest BCUT2D eigenvalue weighted by Crippen LogP contribution is -2.22. The highest BCUT2D eigenvalue weighted by Gasteiger charge is 2.07. The average Bonchev–Trinajstić information content (AvgIpc) is 2.39. The standard InChI is InChI=1S/C18H23N/c1-14-9-10-18(15(2)13-14)16(3)19-12-11-17-7-5-4-6-8-17/h4-10,13,16,19H,11-12H2,1-3H3. The minimum absolute atomic E-state index is 0.407. The summed E-state index contributed by atoms with van der Waals surface area (Å²) in [5, 5.41) is 3.61. The number of hydrogen-bond donors (Lipinski definition) is 1. The third-order valence-corrected chi connectivity index (χ3v) is 3.60. The Morgan fingerprint density at radius 1 is 1.00 bits per heavy atom. The van der Waals surface area contributed by atoms with E-state index in [1.807, 2.05) is 0 Å². The summed E-state index contributed by atoms with van der Waals surface area (Å²) in [5.41, 5.74) is 5.50. The van der Waals surface area contributed by atoms with E-state index in [-0.39, 0.29) is 0 Å². The van der Waals surface area contributed by atoms with Gasteiger partial charge < -0.3 is 5.32 Å². The van der Waals surface area contributed by atoms with Crippen LogP contribution in [0.5, 0.6) is 0 Å². The first kappa shape index (κ1) is 13.8. The van der Waals surface area contributed by atoms with E-state index in [0.29, 0.717) is 6.04 Å². The van der Waals surface area contributed by atoms with Gasteiger partial charge >= 0.3 is 0 Å². The molecular weight excluding hydrogens is 230 g/mol. The topological polar surface area (TPSA) is 12.0 Å². The highest BCUT2D eigenvalue weighted by atomic mass is 14.9. The molecule has 0 heterocycles. The SMILES string of the molecule is Cc1ccc(C(C)NCCc2ccccc2)c(C)c1. The molecule has 1 unspecified atom stereocenters. The molecule has 0 bridgehead atoms. The summed E-state index contributed by atoms with van der Waals surface area (Å²) in [4.78, 5) is 0. The smallest absolute Gasteiger partial charge is 0.0294 e. The Bertz CT molecular complexity index is 516. The summed E-state index contributed by atoms with van der Waals surface area (Å²) in [5.74, 6) is 0. The van der Waals surface area contributed by atoms with Crippen molar-refractivity contribution in [2.24, 2.45) is 0 Å². The first-order valence-electron chi connectivity index (χ1n) is 7.01. The quantitative estimate of drug-likeness (QED) is 0.842. The molecule has 0 aliphatic heterocycles. The zero-order chi connectivity index (χ0) is 13.7. The van der Waals surface area contributed by atoms with Crippen LogP contribution in [0.1, 0.15) is 35.2 Å². The van der Waals surface area contributed by atoms with Crippen LogP contribution in [-0.2, 0) is 6.42 Å². The molecule has 0 radical (unpaired) electrons. The van der Waals surface area contributed by atoms with E-state index in [1.165, 1.54) is 22.3 Å². The molecule has 0 aliphatic rings. The lowest BCUT2D eigenvalue weighted by Gasteiger charge is -2.17. The Morgan fingerprint density at radius 2 is 1.74 bits per heavy atom. The van der Waals surface area contributed by atoms with E-state index in [9.17, 15) is 0 Å². The van der Waals surface area contributed by atoms with E-state index in [0.717, 1.165) is 13.0 Å². The van der Waals surface area contributed by atoms with Gasteiger partial charge in [-0.15, -0.1) is 0 Å². The van der Waals surface area contributed by atoms with Crippen LogP contribution in [0, 0.1) is 13.8 Å². The minimum Gasteiger partial charge on any atom is -0.310 e. The van der Waals surface area contributed by atoms with Crippen molar-refractivity contribution in [3.8, 4) is 0 Å². The maximum atomic E-state index is 3.61. The second-order valence-corrected chi connectivity index (χ2v) is 5.27. The molecule has 0 aliphatic carbocycles. The van der Waals surface area contributed by atoms with Gasteiger partial charge in [0.25, 0.3) is 0 Å². The molecule has 2 rings (SSSR count). The second-order valence-electron chi connectivity index (χ2n) is 5.27. The molecule has 0 saturated carbocycles. The third-order valence-electron chi connectivity index (χ3n) is 3.60. The normalized spacial score (nSPS) is 12.4. The fourth-order valence-electron chi connectivity index (χ4n) is 2.50. The number of hydrogen-bond acceptors (Lipinski definition) is 1. The van der Waals surface area contributed by atoms with E-state index in [2.05, 4.69) is 74.6 Å². The van der Waals surface area contributed by atoms with Gasteiger partial charge in [0.05, 0.1) is 0 Å². The summed E-state index contributed by atoms with van der Waals surface area (Å²) in [7, 11) is 0. The predicted octanol–water partition coefficient (Wildman–Crippen LogP) is 4.20. The van der Waals surface area contributed by atoms with Gasteiger partial charge in [-0.1, -0.05) is 54.1 Å². The first-order chi connectivity index (χ1) is 9.16. The largest absolute Gasteiger partial charge is 0.310 e. The van der Waals surface area contributed by atoms with E-state index in [4.69, 9.17) is 0 Å². The monoisotopic (exact) mass is 253 g/mol. The molecule has 2 aromatic rings. The summed E-state index contributed by atoms with van der Waals surface area (Å²) in [6.07, 6.45) is 1.08. The molecule has 0 aromatic heterocycles. The van der Waals surface area contributed by atoms with Crippen molar-refractivity contribution >= 4 is 0 Å². The zero-order valence-electron chi connectivity index (χ0n) is 12.1. The van der Waals surface area contributed by atoms with Crippen molar-refractivity contribution < 1.29 is 0 Å². The van der Waals surface area contributed by atoms with E-state index in [1.54, 1.807) is 0 Å². The molecule has 1 nitrogen and oxygen atoms in total. The van der Waals surface area contributed by atoms with Crippen LogP contribution in [0.4, 0.5) is 0 Å². The van der Waals surface area contributed by atoms with Gasteiger partial charge in [0.2, 0.25) is 0 Å². The Labute approximate surface area is 116 Å². The third kappa shape index (κ3) is 3.93. The highest BCUT2D eigenvalue weighted by molar-refractivity contribution is 5.32. The first-order valence-corrected chi connectivity index (χ1v) is 7.01. The molecule has 2 aromatic carbocycles. The van der Waals surface area contributed by atoms with Crippen molar-refractivity contribution in [2.45, 2.75) is 33.2 Å². The number of aryl methyl sites for hydroxylation is 2. The van der Waals surface area contributed by atoms with Gasteiger partial charge in [-0.3, -0.25) is 0 Å². The summed E-state index contributed by atoms with van der Waals surface area (Å²) in [6, 6.07) is 17.7. The van der Waals surface area contributed by atoms with Crippen LogP contribution < -0.4 is 5.32 Å². The zero-order valence-corrected chi connectivity index (χ0v) is 12.1. The van der Waals surface area contributed by atoms with Crippen molar-refractivity contribution in [3.63, 3.8) is 0 Å². The Balaban J connectivity index is 1.89. The van der Waals surface area contributed by atoms with Gasteiger partial charge in [0.1, 0.15) is 0 Å². The van der Waals surface area contributed by atoms with E-state index < -0.39 is 0 Å². The lowest BCUT2D eigenvalue weighted by atomic mass is 10.00. The Kier molecular flexibility index (Phi) is 4.75. The summed E-state index contributed by atoms with van der Waals surface area (Å²) >= 11 is 0. The lowest BCUT2D eigenvalue weighted by molar-refractivity contribution is 0.574. The van der Waals surface area contributed by atoms with Crippen LogP contribution in [-0.4, -0.2) is 6.54 Å². The van der Waals surface area contributed by atoms with Gasteiger partial charge in [0, 0.05) is 6.04 Å². The second kappa shape index (κ2) is 6.53. The van der Waals surface area contributed by atoms with Crippen molar-refractivity contribution in [3.05, 3.63) is 70.8 Å².